The van der Waals surface area contributed by atoms with Crippen molar-refractivity contribution in [2.24, 2.45) is 11.3 Å². The van der Waals surface area contributed by atoms with E-state index in [2.05, 4.69) is 24.1 Å². The number of hydrogen-bond donors (Lipinski definition) is 1. The predicted octanol–water partition coefficient (Wildman–Crippen LogP) is 1.78. The molecule has 1 amide bonds. The smallest absolute Gasteiger partial charge is 0.229 e. The highest BCUT2D eigenvalue weighted by Crippen LogP contribution is 2.46. The van der Waals surface area contributed by atoms with Crippen molar-refractivity contribution in [1.29, 1.82) is 0 Å². The van der Waals surface area contributed by atoms with Crippen LogP contribution >= 0.6 is 0 Å². The summed E-state index contributed by atoms with van der Waals surface area (Å²) in [5.41, 5.74) is -0.130. The van der Waals surface area contributed by atoms with Gasteiger partial charge >= 0.3 is 0 Å². The molecule has 17 heavy (non-hydrogen) atoms. The summed E-state index contributed by atoms with van der Waals surface area (Å²) in [6, 6.07) is 1.01. The summed E-state index contributed by atoms with van der Waals surface area (Å²) < 4.78 is 0. The maximum atomic E-state index is 12.7. The van der Waals surface area contributed by atoms with Gasteiger partial charge in [-0.15, -0.1) is 0 Å². The first-order chi connectivity index (χ1) is 8.12. The van der Waals surface area contributed by atoms with Gasteiger partial charge in [0, 0.05) is 24.0 Å². The second kappa shape index (κ2) is 3.98. The lowest BCUT2D eigenvalue weighted by atomic mass is 9.75. The molecule has 1 N–H and O–H groups in total. The maximum absolute atomic E-state index is 12.7. The summed E-state index contributed by atoms with van der Waals surface area (Å²) in [6.07, 6.45) is 6.22. The zero-order valence-electron chi connectivity index (χ0n) is 11.0. The van der Waals surface area contributed by atoms with Gasteiger partial charge in [0.25, 0.3) is 0 Å². The molecular formula is C14H24N2O. The monoisotopic (exact) mass is 236 g/mol. The van der Waals surface area contributed by atoms with Crippen LogP contribution in [0, 0.1) is 11.3 Å². The maximum Gasteiger partial charge on any atom is 0.229 e. The van der Waals surface area contributed by atoms with Crippen LogP contribution < -0.4 is 5.32 Å². The van der Waals surface area contributed by atoms with Gasteiger partial charge in [0.15, 0.2) is 0 Å². The first-order valence-corrected chi connectivity index (χ1v) is 7.16. The molecule has 0 spiro atoms. The minimum atomic E-state index is -0.130. The van der Waals surface area contributed by atoms with E-state index < -0.39 is 0 Å². The second-order valence-electron chi connectivity index (χ2n) is 6.54. The molecule has 3 heteroatoms. The number of piperidine rings is 1. The molecule has 0 aromatic carbocycles. The van der Waals surface area contributed by atoms with Crippen molar-refractivity contribution in [3.05, 3.63) is 0 Å². The average Bonchev–Trinajstić information content (AvgIpc) is 2.88. The van der Waals surface area contributed by atoms with E-state index in [9.17, 15) is 4.79 Å². The van der Waals surface area contributed by atoms with E-state index >= 15 is 0 Å². The van der Waals surface area contributed by atoms with Crippen LogP contribution in [0.4, 0.5) is 0 Å². The van der Waals surface area contributed by atoms with Crippen LogP contribution in [0.15, 0.2) is 0 Å². The molecule has 0 radical (unpaired) electrons. The van der Waals surface area contributed by atoms with Crippen molar-refractivity contribution in [2.75, 3.05) is 13.1 Å². The second-order valence-corrected chi connectivity index (χ2v) is 6.54. The molecule has 2 aliphatic heterocycles. The Labute approximate surface area is 104 Å². The van der Waals surface area contributed by atoms with E-state index in [-0.39, 0.29) is 5.41 Å². The minimum Gasteiger partial charge on any atom is -0.335 e. The van der Waals surface area contributed by atoms with Crippen molar-refractivity contribution in [1.82, 2.24) is 10.2 Å². The molecule has 3 rings (SSSR count). The number of fused-ring (bicyclic) bond motifs is 1. The first-order valence-electron chi connectivity index (χ1n) is 7.16. The van der Waals surface area contributed by atoms with Crippen LogP contribution in [0.3, 0.4) is 0 Å². The molecule has 2 atom stereocenters. The largest absolute Gasteiger partial charge is 0.335 e. The number of hydrogen-bond acceptors (Lipinski definition) is 2. The summed E-state index contributed by atoms with van der Waals surface area (Å²) in [7, 11) is 0. The van der Waals surface area contributed by atoms with Gasteiger partial charge in [-0.1, -0.05) is 26.7 Å². The van der Waals surface area contributed by atoms with E-state index in [1.165, 1.54) is 25.7 Å². The lowest BCUT2D eigenvalue weighted by Crippen LogP contribution is -2.50. The van der Waals surface area contributed by atoms with E-state index in [0.29, 0.717) is 23.9 Å². The van der Waals surface area contributed by atoms with Crippen LogP contribution in [0.2, 0.25) is 0 Å². The zero-order chi connectivity index (χ0) is 12.0. The topological polar surface area (TPSA) is 32.3 Å². The van der Waals surface area contributed by atoms with E-state index in [1.807, 2.05) is 0 Å². The van der Waals surface area contributed by atoms with Crippen molar-refractivity contribution in [3.8, 4) is 0 Å². The molecule has 2 heterocycles. The Bertz CT molecular complexity index is 320. The normalized spacial score (nSPS) is 37.5. The van der Waals surface area contributed by atoms with Gasteiger partial charge in [-0.2, -0.15) is 0 Å². The Balaban J connectivity index is 1.89. The van der Waals surface area contributed by atoms with E-state index in [4.69, 9.17) is 0 Å². The number of carbonyl (C=O) groups excluding carboxylic acids is 1. The van der Waals surface area contributed by atoms with Crippen molar-refractivity contribution in [2.45, 2.75) is 58.0 Å². The third-order valence-electron chi connectivity index (χ3n) is 5.24. The molecule has 0 bridgehead atoms. The van der Waals surface area contributed by atoms with Gasteiger partial charge in [0.05, 0.1) is 0 Å². The summed E-state index contributed by atoms with van der Waals surface area (Å²) in [5.74, 6) is 0.986. The quantitative estimate of drug-likeness (QED) is 0.752. The average molecular weight is 236 g/mol. The van der Waals surface area contributed by atoms with Crippen molar-refractivity contribution >= 4 is 5.91 Å². The molecule has 1 saturated carbocycles. The number of rotatable bonds is 1. The molecule has 3 fully saturated rings. The van der Waals surface area contributed by atoms with E-state index in [0.717, 1.165) is 19.5 Å². The van der Waals surface area contributed by atoms with Gasteiger partial charge in [-0.3, -0.25) is 4.79 Å². The Kier molecular flexibility index (Phi) is 2.69. The zero-order valence-corrected chi connectivity index (χ0v) is 11.0. The molecule has 3 aliphatic rings. The number of likely N-dealkylation sites (tertiary alicyclic amines) is 1. The van der Waals surface area contributed by atoms with Gasteiger partial charge in [-0.05, 0) is 31.7 Å². The predicted molar refractivity (Wildman–Crippen MR) is 67.6 cm³/mol. The summed E-state index contributed by atoms with van der Waals surface area (Å²) in [5, 5.41) is 3.47. The summed E-state index contributed by atoms with van der Waals surface area (Å²) >= 11 is 0. The Hall–Kier alpha value is -0.570. The van der Waals surface area contributed by atoms with Gasteiger partial charge in [0.2, 0.25) is 5.91 Å². The molecule has 2 unspecified atom stereocenters. The number of nitrogens with zero attached hydrogens (tertiary/aromatic N) is 1. The highest BCUT2D eigenvalue weighted by Gasteiger charge is 2.55. The standard InChI is InChI=1S/C14H24N2O/c1-14(2)11-7-8-15-9-12(11)16(13(14)17)10-5-3-4-6-10/h10-12,15H,3-9H2,1-2H3. The van der Waals surface area contributed by atoms with Gasteiger partial charge in [-0.25, -0.2) is 0 Å². The lowest BCUT2D eigenvalue weighted by molar-refractivity contribution is -0.137. The fraction of sp³-hybridized carbons (Fsp3) is 0.929. The fourth-order valence-corrected chi connectivity index (χ4v) is 4.24. The van der Waals surface area contributed by atoms with Crippen LogP contribution in [0.5, 0.6) is 0 Å². The lowest BCUT2D eigenvalue weighted by Gasteiger charge is -2.36. The van der Waals surface area contributed by atoms with Crippen molar-refractivity contribution in [3.63, 3.8) is 0 Å². The third kappa shape index (κ3) is 1.62. The van der Waals surface area contributed by atoms with Crippen LogP contribution in [-0.2, 0) is 4.79 Å². The third-order valence-corrected chi connectivity index (χ3v) is 5.24. The highest BCUT2D eigenvalue weighted by molar-refractivity contribution is 5.85. The van der Waals surface area contributed by atoms with Crippen LogP contribution in [-0.4, -0.2) is 36.0 Å². The minimum absolute atomic E-state index is 0.130. The number of amides is 1. The fourth-order valence-electron chi connectivity index (χ4n) is 4.24. The summed E-state index contributed by atoms with van der Waals surface area (Å²) in [4.78, 5) is 14.9. The Morgan fingerprint density at radius 2 is 1.94 bits per heavy atom. The molecule has 1 aliphatic carbocycles. The highest BCUT2D eigenvalue weighted by atomic mass is 16.2. The first kappa shape index (κ1) is 11.5. The number of carbonyl (C=O) groups is 1. The Morgan fingerprint density at radius 3 is 2.65 bits per heavy atom. The molecule has 96 valence electrons. The SMILES string of the molecule is CC1(C)C(=O)N(C2CCCC2)C2CNCCC21. The molecule has 2 saturated heterocycles. The molecule has 3 nitrogen and oxygen atoms in total. The Morgan fingerprint density at radius 1 is 1.24 bits per heavy atom. The van der Waals surface area contributed by atoms with Gasteiger partial charge < -0.3 is 10.2 Å². The molecule has 0 aromatic heterocycles. The van der Waals surface area contributed by atoms with Crippen LogP contribution in [0.25, 0.3) is 0 Å². The van der Waals surface area contributed by atoms with Gasteiger partial charge in [0.1, 0.15) is 0 Å². The van der Waals surface area contributed by atoms with E-state index in [1.54, 1.807) is 0 Å². The van der Waals surface area contributed by atoms with Crippen molar-refractivity contribution < 1.29 is 4.79 Å². The summed E-state index contributed by atoms with van der Waals surface area (Å²) in [6.45, 7) is 6.41. The molecular weight excluding hydrogens is 212 g/mol. The number of nitrogens with one attached hydrogen (secondary N) is 1. The molecule has 0 aromatic rings. The van der Waals surface area contributed by atoms with Crippen LogP contribution in [0.1, 0.15) is 46.0 Å².